The van der Waals surface area contributed by atoms with Gasteiger partial charge in [0.15, 0.2) is 0 Å². The van der Waals surface area contributed by atoms with Gasteiger partial charge in [-0.3, -0.25) is 0 Å². The van der Waals surface area contributed by atoms with Gasteiger partial charge in [0, 0.05) is 11.1 Å². The van der Waals surface area contributed by atoms with Gasteiger partial charge in [0.05, 0.1) is 33.5 Å². The third kappa shape index (κ3) is 3.44. The van der Waals surface area contributed by atoms with E-state index >= 15 is 0 Å². The van der Waals surface area contributed by atoms with Gasteiger partial charge in [0.1, 0.15) is 17.4 Å². The molecule has 5 heteroatoms. The van der Waals surface area contributed by atoms with E-state index in [1.54, 1.807) is 0 Å². The fourth-order valence-corrected chi connectivity index (χ4v) is 4.34. The number of hydrogen-bond acceptors (Lipinski definition) is 3. The Morgan fingerprint density at radius 1 is 0.647 bits per heavy atom. The number of aromatic nitrogens is 4. The van der Waals surface area contributed by atoms with Crippen molar-refractivity contribution in [2.75, 3.05) is 0 Å². The monoisotopic (exact) mass is 442 g/mol. The molecule has 0 radical (unpaired) electrons. The first-order valence-corrected chi connectivity index (χ1v) is 11.2. The van der Waals surface area contributed by atoms with E-state index in [-0.39, 0.29) is 5.75 Å². The normalized spacial score (nSPS) is 11.2. The predicted molar refractivity (Wildman–Crippen MR) is 136 cm³/mol. The summed E-state index contributed by atoms with van der Waals surface area (Å²) in [5.41, 5.74) is 7.85. The third-order valence-corrected chi connectivity index (χ3v) is 5.97. The van der Waals surface area contributed by atoms with Gasteiger partial charge in [-0.25, -0.2) is 9.97 Å². The van der Waals surface area contributed by atoms with Crippen LogP contribution in [0.4, 0.5) is 0 Å². The van der Waals surface area contributed by atoms with E-state index in [1.165, 1.54) is 0 Å². The molecule has 0 bridgehead atoms. The van der Waals surface area contributed by atoms with Crippen LogP contribution in [0.2, 0.25) is 0 Å². The Kier molecular flexibility index (Phi) is 4.73. The van der Waals surface area contributed by atoms with Gasteiger partial charge in [-0.15, -0.1) is 0 Å². The number of imidazole rings is 2. The highest BCUT2D eigenvalue weighted by atomic mass is 16.3. The molecule has 0 atom stereocenters. The molecule has 0 aliphatic carbocycles. The molecule has 2 heterocycles. The molecule has 0 saturated carbocycles. The number of fused-ring (bicyclic) bond motifs is 1. The lowest BCUT2D eigenvalue weighted by Crippen LogP contribution is -1.90. The van der Waals surface area contributed by atoms with Crippen LogP contribution in [0.25, 0.3) is 56.3 Å². The van der Waals surface area contributed by atoms with Crippen molar-refractivity contribution in [3.05, 3.63) is 103 Å². The Hall–Kier alpha value is -4.64. The van der Waals surface area contributed by atoms with E-state index in [0.717, 1.165) is 39.1 Å². The minimum absolute atomic E-state index is 0.137. The van der Waals surface area contributed by atoms with E-state index in [9.17, 15) is 5.11 Å². The lowest BCUT2D eigenvalue weighted by atomic mass is 10.0. The molecule has 2 aromatic heterocycles. The van der Waals surface area contributed by atoms with Gasteiger partial charge in [0.25, 0.3) is 0 Å². The molecule has 0 unspecified atom stereocenters. The number of para-hydroxylation sites is 2. The number of nitrogens with one attached hydrogen (secondary N) is 2. The standard InChI is InChI=1S/C29H22N4O/c1-18-16-21(28-30-23-14-8-9-15-24(23)31-28)27(34)22(17-18)29-32-25(19-10-4-2-5-11-19)26(33-29)20-12-6-3-7-13-20/h2-17,34H,1H3,(H,30,31)(H,32,33). The Labute approximate surface area is 196 Å². The van der Waals surface area contributed by atoms with E-state index in [2.05, 4.69) is 22.1 Å². The molecule has 0 aliphatic rings. The van der Waals surface area contributed by atoms with Crippen LogP contribution in [0.5, 0.6) is 5.75 Å². The van der Waals surface area contributed by atoms with Crippen molar-refractivity contribution < 1.29 is 5.11 Å². The summed E-state index contributed by atoms with van der Waals surface area (Å²) in [6.45, 7) is 2.01. The Balaban J connectivity index is 1.54. The first-order valence-electron chi connectivity index (χ1n) is 11.2. The molecular formula is C29H22N4O. The summed E-state index contributed by atoms with van der Waals surface area (Å²) < 4.78 is 0. The second-order valence-corrected chi connectivity index (χ2v) is 8.35. The minimum Gasteiger partial charge on any atom is -0.506 e. The quantitative estimate of drug-likeness (QED) is 0.276. The zero-order valence-corrected chi connectivity index (χ0v) is 18.6. The summed E-state index contributed by atoms with van der Waals surface area (Å²) in [5, 5.41) is 11.4. The van der Waals surface area contributed by atoms with E-state index in [4.69, 9.17) is 9.97 Å². The maximum atomic E-state index is 11.4. The molecule has 0 spiro atoms. The van der Waals surface area contributed by atoms with Crippen LogP contribution in [-0.4, -0.2) is 25.0 Å². The molecule has 6 aromatic rings. The number of rotatable bonds is 4. The molecule has 164 valence electrons. The first-order chi connectivity index (χ1) is 16.7. The van der Waals surface area contributed by atoms with Crippen LogP contribution < -0.4 is 0 Å². The number of hydrogen-bond donors (Lipinski definition) is 3. The van der Waals surface area contributed by atoms with Crippen molar-refractivity contribution in [3.8, 4) is 51.0 Å². The molecule has 0 fully saturated rings. The number of phenolic OH excluding ortho intramolecular Hbond substituents is 1. The summed E-state index contributed by atoms with van der Waals surface area (Å²) >= 11 is 0. The minimum atomic E-state index is 0.137. The van der Waals surface area contributed by atoms with Crippen LogP contribution in [-0.2, 0) is 0 Å². The van der Waals surface area contributed by atoms with Crippen molar-refractivity contribution in [3.63, 3.8) is 0 Å². The molecule has 5 nitrogen and oxygen atoms in total. The number of benzene rings is 4. The van der Waals surface area contributed by atoms with Gasteiger partial charge >= 0.3 is 0 Å². The fraction of sp³-hybridized carbons (Fsp3) is 0.0345. The summed E-state index contributed by atoms with van der Waals surface area (Å²) in [7, 11) is 0. The number of nitrogens with zero attached hydrogens (tertiary/aromatic N) is 2. The average Bonchev–Trinajstić information content (AvgIpc) is 3.51. The lowest BCUT2D eigenvalue weighted by molar-refractivity contribution is 0.478. The molecule has 0 amide bonds. The zero-order chi connectivity index (χ0) is 23.1. The van der Waals surface area contributed by atoms with Gasteiger partial charge in [0.2, 0.25) is 0 Å². The number of aromatic amines is 2. The summed E-state index contributed by atoms with van der Waals surface area (Å²) in [5.74, 6) is 1.37. The summed E-state index contributed by atoms with van der Waals surface area (Å²) in [6, 6.07) is 31.9. The number of aryl methyl sites for hydroxylation is 1. The molecule has 0 aliphatic heterocycles. The summed E-state index contributed by atoms with van der Waals surface area (Å²) in [6.07, 6.45) is 0. The highest BCUT2D eigenvalue weighted by molar-refractivity contribution is 5.86. The Morgan fingerprint density at radius 2 is 1.24 bits per heavy atom. The Morgan fingerprint density at radius 3 is 1.91 bits per heavy atom. The Bertz CT molecular complexity index is 1520. The highest BCUT2D eigenvalue weighted by Crippen LogP contribution is 2.40. The number of H-pyrrole nitrogens is 2. The molecule has 3 N–H and O–H groups in total. The van der Waals surface area contributed by atoms with Crippen LogP contribution in [0.15, 0.2) is 97.1 Å². The van der Waals surface area contributed by atoms with Gasteiger partial charge in [-0.05, 0) is 36.8 Å². The van der Waals surface area contributed by atoms with Crippen LogP contribution in [0.3, 0.4) is 0 Å². The van der Waals surface area contributed by atoms with Crippen molar-refractivity contribution in [1.29, 1.82) is 0 Å². The predicted octanol–water partition coefficient (Wildman–Crippen LogP) is 6.97. The van der Waals surface area contributed by atoms with Gasteiger partial charge < -0.3 is 15.1 Å². The highest BCUT2D eigenvalue weighted by Gasteiger charge is 2.20. The maximum absolute atomic E-state index is 11.4. The molecule has 4 aromatic carbocycles. The smallest absolute Gasteiger partial charge is 0.142 e. The van der Waals surface area contributed by atoms with E-state index < -0.39 is 0 Å². The van der Waals surface area contributed by atoms with E-state index in [0.29, 0.717) is 22.8 Å². The van der Waals surface area contributed by atoms with Crippen molar-refractivity contribution in [2.45, 2.75) is 6.92 Å². The van der Waals surface area contributed by atoms with Crippen LogP contribution >= 0.6 is 0 Å². The molecular weight excluding hydrogens is 420 g/mol. The van der Waals surface area contributed by atoms with Crippen molar-refractivity contribution >= 4 is 11.0 Å². The van der Waals surface area contributed by atoms with Crippen LogP contribution in [0.1, 0.15) is 5.56 Å². The SMILES string of the molecule is Cc1cc(-c2nc(-c3ccccc3)c(-c3ccccc3)[nH]2)c(O)c(-c2nc3ccccc3[nH]2)c1. The fourth-order valence-electron chi connectivity index (χ4n) is 4.34. The second-order valence-electron chi connectivity index (χ2n) is 8.35. The first kappa shape index (κ1) is 20.0. The largest absolute Gasteiger partial charge is 0.506 e. The number of aromatic hydroxyl groups is 1. The zero-order valence-electron chi connectivity index (χ0n) is 18.6. The molecule has 6 rings (SSSR count). The van der Waals surface area contributed by atoms with E-state index in [1.807, 2.05) is 91.9 Å². The average molecular weight is 443 g/mol. The topological polar surface area (TPSA) is 77.6 Å². The van der Waals surface area contributed by atoms with Crippen molar-refractivity contribution in [1.82, 2.24) is 19.9 Å². The van der Waals surface area contributed by atoms with Crippen molar-refractivity contribution in [2.24, 2.45) is 0 Å². The molecule has 34 heavy (non-hydrogen) atoms. The number of phenols is 1. The van der Waals surface area contributed by atoms with Gasteiger partial charge in [-0.2, -0.15) is 0 Å². The van der Waals surface area contributed by atoms with Gasteiger partial charge in [-0.1, -0.05) is 72.8 Å². The molecule has 0 saturated heterocycles. The third-order valence-electron chi connectivity index (χ3n) is 5.97. The lowest BCUT2D eigenvalue weighted by Gasteiger charge is -2.08. The summed E-state index contributed by atoms with van der Waals surface area (Å²) in [4.78, 5) is 16.5. The van der Waals surface area contributed by atoms with Crippen LogP contribution in [0, 0.1) is 6.92 Å². The second kappa shape index (κ2) is 8.05. The maximum Gasteiger partial charge on any atom is 0.142 e.